The van der Waals surface area contributed by atoms with E-state index in [1.165, 1.54) is 6.92 Å². The van der Waals surface area contributed by atoms with Crippen molar-refractivity contribution in [3.8, 4) is 5.75 Å². The van der Waals surface area contributed by atoms with Crippen molar-refractivity contribution in [2.45, 2.75) is 13.0 Å². The van der Waals surface area contributed by atoms with Crippen LogP contribution >= 0.6 is 0 Å². The number of hydrogen-bond donors (Lipinski definition) is 0. The standard InChI is InChI=1S/C24H18F2O5/c1-15(23(28)18-9-12-20(25)21(26)13-18)31-22(27)14-30-19-10-7-17(8-11-19)24(29)16-5-3-2-4-6-16/h2-13,15H,14H2,1H3/t15-/m1/s1. The molecule has 0 bridgehead atoms. The fraction of sp³-hybridized carbons (Fsp3) is 0.125. The molecule has 0 aliphatic rings. The van der Waals surface area contributed by atoms with Crippen LogP contribution in [0.1, 0.15) is 33.2 Å². The number of benzene rings is 3. The molecule has 0 unspecified atom stereocenters. The van der Waals surface area contributed by atoms with Crippen molar-refractivity contribution in [1.82, 2.24) is 0 Å². The van der Waals surface area contributed by atoms with E-state index in [1.807, 2.05) is 6.07 Å². The zero-order valence-corrected chi connectivity index (χ0v) is 16.5. The first-order valence-electron chi connectivity index (χ1n) is 9.36. The molecule has 0 radical (unpaired) electrons. The van der Waals surface area contributed by atoms with Crippen LogP contribution in [0.25, 0.3) is 0 Å². The molecule has 0 saturated heterocycles. The van der Waals surface area contributed by atoms with Gasteiger partial charge in [-0.15, -0.1) is 0 Å². The normalized spacial score (nSPS) is 11.5. The highest BCUT2D eigenvalue weighted by atomic mass is 19.2. The van der Waals surface area contributed by atoms with Crippen molar-refractivity contribution in [3.05, 3.63) is 101 Å². The van der Waals surface area contributed by atoms with Crippen LogP contribution in [0.15, 0.2) is 72.8 Å². The molecule has 5 nitrogen and oxygen atoms in total. The Balaban J connectivity index is 1.52. The van der Waals surface area contributed by atoms with Crippen LogP contribution in [-0.4, -0.2) is 30.2 Å². The smallest absolute Gasteiger partial charge is 0.344 e. The average Bonchev–Trinajstić information content (AvgIpc) is 2.79. The number of ketones is 2. The van der Waals surface area contributed by atoms with Crippen LogP contribution in [0.3, 0.4) is 0 Å². The van der Waals surface area contributed by atoms with E-state index in [1.54, 1.807) is 48.5 Å². The third-order valence-electron chi connectivity index (χ3n) is 4.39. The molecule has 31 heavy (non-hydrogen) atoms. The maximum atomic E-state index is 13.3. The Morgan fingerprint density at radius 3 is 2.06 bits per heavy atom. The molecule has 0 saturated carbocycles. The van der Waals surface area contributed by atoms with Gasteiger partial charge in [0.2, 0.25) is 5.78 Å². The van der Waals surface area contributed by atoms with E-state index in [4.69, 9.17) is 9.47 Å². The Morgan fingerprint density at radius 1 is 0.806 bits per heavy atom. The Hall–Kier alpha value is -3.87. The number of hydrogen-bond acceptors (Lipinski definition) is 5. The molecule has 0 N–H and O–H groups in total. The molecule has 0 aliphatic heterocycles. The highest BCUT2D eigenvalue weighted by molar-refractivity contribution is 6.09. The second-order valence-corrected chi connectivity index (χ2v) is 6.63. The largest absolute Gasteiger partial charge is 0.482 e. The molecule has 0 amide bonds. The summed E-state index contributed by atoms with van der Waals surface area (Å²) in [5, 5.41) is 0. The number of esters is 1. The lowest BCUT2D eigenvalue weighted by Gasteiger charge is -2.13. The van der Waals surface area contributed by atoms with Gasteiger partial charge in [-0.1, -0.05) is 30.3 Å². The van der Waals surface area contributed by atoms with E-state index >= 15 is 0 Å². The summed E-state index contributed by atoms with van der Waals surface area (Å²) in [7, 11) is 0. The number of Topliss-reactive ketones (excluding diaryl/α,β-unsaturated/α-hetero) is 1. The monoisotopic (exact) mass is 424 g/mol. The van der Waals surface area contributed by atoms with Gasteiger partial charge in [-0.3, -0.25) is 9.59 Å². The lowest BCUT2D eigenvalue weighted by Crippen LogP contribution is -2.27. The van der Waals surface area contributed by atoms with Crippen molar-refractivity contribution in [1.29, 1.82) is 0 Å². The van der Waals surface area contributed by atoms with Crippen molar-refractivity contribution in [3.63, 3.8) is 0 Å². The van der Waals surface area contributed by atoms with Crippen LogP contribution in [0, 0.1) is 11.6 Å². The summed E-state index contributed by atoms with van der Waals surface area (Å²) in [5.74, 6) is -3.53. The van der Waals surface area contributed by atoms with Gasteiger partial charge in [-0.25, -0.2) is 13.6 Å². The minimum absolute atomic E-state index is 0.112. The Kier molecular flexibility index (Phi) is 6.87. The highest BCUT2D eigenvalue weighted by Gasteiger charge is 2.21. The molecule has 0 aliphatic carbocycles. The van der Waals surface area contributed by atoms with Gasteiger partial charge in [0.1, 0.15) is 5.75 Å². The van der Waals surface area contributed by atoms with Gasteiger partial charge in [0.15, 0.2) is 30.1 Å². The quantitative estimate of drug-likeness (QED) is 0.396. The number of carbonyl (C=O) groups excluding carboxylic acids is 3. The first-order chi connectivity index (χ1) is 14.8. The van der Waals surface area contributed by atoms with E-state index in [-0.39, 0.29) is 11.3 Å². The van der Waals surface area contributed by atoms with Gasteiger partial charge in [-0.2, -0.15) is 0 Å². The first kappa shape index (κ1) is 21.8. The fourth-order valence-corrected chi connectivity index (χ4v) is 2.77. The Bertz CT molecular complexity index is 1090. The molecule has 3 rings (SSSR count). The average molecular weight is 424 g/mol. The van der Waals surface area contributed by atoms with Gasteiger partial charge in [0, 0.05) is 16.7 Å². The molecule has 0 fully saturated rings. The summed E-state index contributed by atoms with van der Waals surface area (Å²) in [4.78, 5) is 36.5. The van der Waals surface area contributed by atoms with E-state index in [0.29, 0.717) is 16.9 Å². The predicted octanol–water partition coefficient (Wildman–Crippen LogP) is 4.39. The van der Waals surface area contributed by atoms with E-state index < -0.39 is 36.1 Å². The molecule has 158 valence electrons. The minimum atomic E-state index is -1.20. The van der Waals surface area contributed by atoms with Gasteiger partial charge in [0.25, 0.3) is 0 Å². The molecule has 3 aromatic carbocycles. The lowest BCUT2D eigenvalue weighted by atomic mass is 10.0. The Morgan fingerprint density at radius 2 is 1.42 bits per heavy atom. The molecule has 0 aromatic heterocycles. The first-order valence-corrected chi connectivity index (χ1v) is 9.36. The number of carbonyl (C=O) groups is 3. The van der Waals surface area contributed by atoms with Crippen molar-refractivity contribution >= 4 is 17.5 Å². The molecular formula is C24H18F2O5. The lowest BCUT2D eigenvalue weighted by molar-refractivity contribution is -0.148. The molecule has 0 heterocycles. The maximum Gasteiger partial charge on any atom is 0.344 e. The van der Waals surface area contributed by atoms with Gasteiger partial charge >= 0.3 is 5.97 Å². The zero-order chi connectivity index (χ0) is 22.4. The summed E-state index contributed by atoms with van der Waals surface area (Å²) >= 11 is 0. The SMILES string of the molecule is C[C@@H](OC(=O)COc1ccc(C(=O)c2ccccc2)cc1)C(=O)c1ccc(F)c(F)c1. The number of ether oxygens (including phenoxy) is 2. The summed E-state index contributed by atoms with van der Waals surface area (Å²) in [6.07, 6.45) is -1.20. The van der Waals surface area contributed by atoms with E-state index in [0.717, 1.165) is 18.2 Å². The number of rotatable bonds is 8. The van der Waals surface area contributed by atoms with Gasteiger partial charge < -0.3 is 9.47 Å². The fourth-order valence-electron chi connectivity index (χ4n) is 2.77. The summed E-state index contributed by atoms with van der Waals surface area (Å²) < 4.78 is 36.6. The van der Waals surface area contributed by atoms with E-state index in [2.05, 4.69) is 0 Å². The molecule has 3 aromatic rings. The van der Waals surface area contributed by atoms with Crippen molar-refractivity contribution < 1.29 is 32.6 Å². The van der Waals surface area contributed by atoms with Crippen LogP contribution in [-0.2, 0) is 9.53 Å². The van der Waals surface area contributed by atoms with Crippen LogP contribution in [0.5, 0.6) is 5.75 Å². The highest BCUT2D eigenvalue weighted by Crippen LogP contribution is 2.16. The zero-order valence-electron chi connectivity index (χ0n) is 16.5. The summed E-state index contributed by atoms with van der Waals surface area (Å²) in [6, 6.07) is 17.7. The van der Waals surface area contributed by atoms with E-state index in [9.17, 15) is 23.2 Å². The van der Waals surface area contributed by atoms with Crippen LogP contribution in [0.2, 0.25) is 0 Å². The van der Waals surface area contributed by atoms with Crippen LogP contribution < -0.4 is 4.74 Å². The molecule has 7 heteroatoms. The topological polar surface area (TPSA) is 69.7 Å². The van der Waals surface area contributed by atoms with Crippen molar-refractivity contribution in [2.75, 3.05) is 6.61 Å². The molecular weight excluding hydrogens is 406 g/mol. The third kappa shape index (κ3) is 5.60. The number of halogens is 2. The van der Waals surface area contributed by atoms with Gasteiger partial charge in [-0.05, 0) is 49.4 Å². The predicted molar refractivity (Wildman–Crippen MR) is 108 cm³/mol. The third-order valence-corrected chi connectivity index (χ3v) is 4.39. The second-order valence-electron chi connectivity index (χ2n) is 6.63. The maximum absolute atomic E-state index is 13.3. The Labute approximate surface area is 177 Å². The summed E-state index contributed by atoms with van der Waals surface area (Å²) in [5.41, 5.74) is 0.908. The molecule has 1 atom stereocenters. The van der Waals surface area contributed by atoms with Crippen molar-refractivity contribution in [2.24, 2.45) is 0 Å². The molecule has 0 spiro atoms. The minimum Gasteiger partial charge on any atom is -0.482 e. The van der Waals surface area contributed by atoms with Gasteiger partial charge in [0.05, 0.1) is 0 Å². The summed E-state index contributed by atoms with van der Waals surface area (Å²) in [6.45, 7) is 0.854. The van der Waals surface area contributed by atoms with Crippen LogP contribution in [0.4, 0.5) is 8.78 Å². The second kappa shape index (κ2) is 9.75.